The molecular weight excluding hydrogens is 488 g/mol. The summed E-state index contributed by atoms with van der Waals surface area (Å²) in [6.45, 7) is 4.75. The molecule has 2 fully saturated rings. The van der Waals surface area contributed by atoms with E-state index in [1.807, 2.05) is 12.1 Å². The number of benzene rings is 2. The highest BCUT2D eigenvalue weighted by molar-refractivity contribution is 9.10. The number of hydrogen-bond donors (Lipinski definition) is 0. The fraction of sp³-hybridized carbons (Fsp3) is 0.440. The molecule has 2 saturated carbocycles. The van der Waals surface area contributed by atoms with Crippen LogP contribution in [-0.2, 0) is 10.8 Å². The molecule has 0 aromatic heterocycles. The van der Waals surface area contributed by atoms with Gasteiger partial charge in [-0.2, -0.15) is 10.5 Å². The fourth-order valence-electron chi connectivity index (χ4n) is 6.28. The molecule has 2 aliphatic rings. The van der Waals surface area contributed by atoms with Gasteiger partial charge in [-0.3, -0.25) is 0 Å². The van der Waals surface area contributed by atoms with E-state index in [4.69, 9.17) is 0 Å². The van der Waals surface area contributed by atoms with Crippen molar-refractivity contribution in [3.8, 4) is 12.1 Å². The predicted octanol–water partition coefficient (Wildman–Crippen LogP) is 7.38. The summed E-state index contributed by atoms with van der Waals surface area (Å²) in [5, 5.41) is 19.1. The van der Waals surface area contributed by atoms with Gasteiger partial charge in [0.05, 0.1) is 11.1 Å². The first-order valence-electron chi connectivity index (χ1n) is 10.2. The average Bonchev–Trinajstić information content (AvgIpc) is 2.67. The Morgan fingerprint density at radius 3 is 2.10 bits per heavy atom. The molecular formula is C25H24Br2N2. The first-order chi connectivity index (χ1) is 13.8. The Balaban J connectivity index is 1.82. The maximum Gasteiger partial charge on any atom is 0.100 e. The van der Waals surface area contributed by atoms with Crippen molar-refractivity contribution < 1.29 is 0 Å². The van der Waals surface area contributed by atoms with Gasteiger partial charge in [0.1, 0.15) is 12.1 Å². The minimum absolute atomic E-state index is 0.0231. The minimum Gasteiger partial charge on any atom is -0.192 e. The van der Waals surface area contributed by atoms with E-state index in [-0.39, 0.29) is 10.8 Å². The lowest BCUT2D eigenvalue weighted by Crippen LogP contribution is -2.48. The third kappa shape index (κ3) is 3.67. The van der Waals surface area contributed by atoms with Crippen LogP contribution in [0.25, 0.3) is 0 Å². The van der Waals surface area contributed by atoms with Crippen molar-refractivity contribution in [2.45, 2.75) is 56.8 Å². The van der Waals surface area contributed by atoms with Crippen LogP contribution in [0.4, 0.5) is 0 Å². The zero-order valence-electron chi connectivity index (χ0n) is 16.8. The Labute approximate surface area is 190 Å². The van der Waals surface area contributed by atoms with Crippen LogP contribution in [0.5, 0.6) is 0 Å². The molecule has 2 aromatic carbocycles. The lowest BCUT2D eigenvalue weighted by atomic mass is 9.49. The smallest absolute Gasteiger partial charge is 0.100 e. The van der Waals surface area contributed by atoms with Gasteiger partial charge in [0, 0.05) is 8.95 Å². The van der Waals surface area contributed by atoms with Crippen molar-refractivity contribution in [3.05, 3.63) is 67.6 Å². The largest absolute Gasteiger partial charge is 0.192 e. The average molecular weight is 512 g/mol. The minimum atomic E-state index is 0.0231. The molecule has 2 nitrogen and oxygen atoms in total. The number of hydrogen-bond acceptors (Lipinski definition) is 2. The van der Waals surface area contributed by atoms with Crippen molar-refractivity contribution in [1.82, 2.24) is 0 Å². The summed E-state index contributed by atoms with van der Waals surface area (Å²) in [5.74, 6) is 1.35. The second-order valence-corrected chi connectivity index (χ2v) is 11.2. The number of nitriles is 2. The predicted molar refractivity (Wildman–Crippen MR) is 122 cm³/mol. The van der Waals surface area contributed by atoms with Crippen LogP contribution in [0.1, 0.15) is 68.2 Å². The normalized spacial score (nSPS) is 31.0. The van der Waals surface area contributed by atoms with Gasteiger partial charge in [-0.15, -0.1) is 0 Å². The van der Waals surface area contributed by atoms with Gasteiger partial charge in [-0.1, -0.05) is 26.0 Å². The molecule has 0 aliphatic heterocycles. The Hall–Kier alpha value is -1.62. The number of halogens is 2. The van der Waals surface area contributed by atoms with Crippen LogP contribution in [0.3, 0.4) is 0 Å². The quantitative estimate of drug-likeness (QED) is 0.422. The van der Waals surface area contributed by atoms with Crippen molar-refractivity contribution in [3.63, 3.8) is 0 Å². The molecule has 0 radical (unpaired) electrons. The first-order valence-corrected chi connectivity index (χ1v) is 11.8. The van der Waals surface area contributed by atoms with Crippen molar-refractivity contribution in [1.29, 1.82) is 10.5 Å². The fourth-order valence-corrected chi connectivity index (χ4v) is 6.95. The lowest BCUT2D eigenvalue weighted by molar-refractivity contribution is 0.0592. The van der Waals surface area contributed by atoms with E-state index in [1.54, 1.807) is 0 Å². The molecule has 0 heterocycles. The summed E-state index contributed by atoms with van der Waals surface area (Å²) < 4.78 is 1.73. The van der Waals surface area contributed by atoms with Crippen LogP contribution in [0.2, 0.25) is 0 Å². The van der Waals surface area contributed by atoms with Gasteiger partial charge in [0.25, 0.3) is 0 Å². The summed E-state index contributed by atoms with van der Waals surface area (Å²) in [7, 11) is 0. The topological polar surface area (TPSA) is 47.6 Å². The van der Waals surface area contributed by atoms with Crippen LogP contribution in [0, 0.1) is 34.5 Å². The van der Waals surface area contributed by atoms with Crippen molar-refractivity contribution >= 4 is 31.9 Å². The van der Waals surface area contributed by atoms with Gasteiger partial charge in [-0.05, 0) is 122 Å². The van der Waals surface area contributed by atoms with E-state index in [0.717, 1.165) is 28.2 Å². The molecule has 2 aromatic rings. The molecule has 4 atom stereocenters. The van der Waals surface area contributed by atoms with Crippen LogP contribution < -0.4 is 0 Å². The highest BCUT2D eigenvalue weighted by Crippen LogP contribution is 2.58. The van der Waals surface area contributed by atoms with Gasteiger partial charge in [-0.25, -0.2) is 0 Å². The lowest BCUT2D eigenvalue weighted by Gasteiger charge is -2.55. The van der Waals surface area contributed by atoms with Crippen LogP contribution in [-0.4, -0.2) is 0 Å². The Kier molecular flexibility index (Phi) is 5.39. The van der Waals surface area contributed by atoms with Crippen molar-refractivity contribution in [2.24, 2.45) is 11.8 Å². The standard InChI is InChI=1S/C25H24Br2N2/c1-16-7-17-11-24(2,20-3-5-22(26)18(8-20)13-28)15-25(10-16,12-17)21-4-6-23(27)19(9-21)14-29/h3-6,8-9,16-17H,7,10-12,15H2,1-2H3. The molecule has 4 unspecified atom stereocenters. The van der Waals surface area contributed by atoms with Gasteiger partial charge >= 0.3 is 0 Å². The zero-order valence-corrected chi connectivity index (χ0v) is 20.0. The molecule has 0 amide bonds. The highest BCUT2D eigenvalue weighted by atomic mass is 79.9. The zero-order chi connectivity index (χ0) is 20.8. The van der Waals surface area contributed by atoms with Gasteiger partial charge < -0.3 is 0 Å². The van der Waals surface area contributed by atoms with E-state index in [2.05, 4.69) is 82.1 Å². The third-order valence-electron chi connectivity index (χ3n) is 7.10. The molecule has 4 rings (SSSR count). The molecule has 4 heteroatoms. The molecule has 2 bridgehead atoms. The molecule has 0 saturated heterocycles. The SMILES string of the molecule is CC1CC2CC(C)(c3ccc(Br)c(C#N)c3)CC(c3ccc(Br)c(C#N)c3)(C1)C2. The monoisotopic (exact) mass is 510 g/mol. The van der Waals surface area contributed by atoms with Crippen LogP contribution in [0.15, 0.2) is 45.3 Å². The molecule has 0 spiro atoms. The summed E-state index contributed by atoms with van der Waals surface area (Å²) in [6, 6.07) is 17.3. The first kappa shape index (κ1) is 20.6. The Morgan fingerprint density at radius 1 is 0.897 bits per heavy atom. The number of fused-ring (bicyclic) bond motifs is 2. The number of rotatable bonds is 2. The molecule has 0 N–H and O–H groups in total. The third-order valence-corrected chi connectivity index (χ3v) is 8.49. The number of nitrogens with zero attached hydrogens (tertiary/aromatic N) is 2. The maximum absolute atomic E-state index is 9.57. The second kappa shape index (κ2) is 7.57. The highest BCUT2D eigenvalue weighted by Gasteiger charge is 2.51. The summed E-state index contributed by atoms with van der Waals surface area (Å²) in [6.07, 6.45) is 5.84. The molecule has 2 aliphatic carbocycles. The summed E-state index contributed by atoms with van der Waals surface area (Å²) >= 11 is 7.02. The summed E-state index contributed by atoms with van der Waals surface area (Å²) in [4.78, 5) is 0. The maximum atomic E-state index is 9.57. The van der Waals surface area contributed by atoms with E-state index in [1.165, 1.54) is 24.0 Å². The second-order valence-electron chi connectivity index (χ2n) is 9.45. The Bertz CT molecular complexity index is 1040. The molecule has 29 heavy (non-hydrogen) atoms. The van der Waals surface area contributed by atoms with E-state index in [0.29, 0.717) is 23.0 Å². The van der Waals surface area contributed by atoms with Gasteiger partial charge in [0.15, 0.2) is 0 Å². The van der Waals surface area contributed by atoms with Gasteiger partial charge in [0.2, 0.25) is 0 Å². The van der Waals surface area contributed by atoms with Crippen LogP contribution >= 0.6 is 31.9 Å². The van der Waals surface area contributed by atoms with E-state index >= 15 is 0 Å². The van der Waals surface area contributed by atoms with Crippen molar-refractivity contribution in [2.75, 3.05) is 0 Å². The van der Waals surface area contributed by atoms with E-state index < -0.39 is 0 Å². The Morgan fingerprint density at radius 2 is 1.48 bits per heavy atom. The summed E-state index contributed by atoms with van der Waals surface area (Å²) in [5.41, 5.74) is 4.10. The molecule has 148 valence electrons. The van der Waals surface area contributed by atoms with E-state index in [9.17, 15) is 10.5 Å².